The number of piperidine rings is 1. The minimum Gasteiger partial charge on any atom is -0.369 e. The van der Waals surface area contributed by atoms with Gasteiger partial charge in [0.2, 0.25) is 17.7 Å². The molecule has 0 saturated carbocycles. The van der Waals surface area contributed by atoms with Crippen LogP contribution in [0.15, 0.2) is 24.3 Å². The predicted molar refractivity (Wildman–Crippen MR) is 110 cm³/mol. The highest BCUT2D eigenvalue weighted by Crippen LogP contribution is 2.27. The average molecular weight is 399 g/mol. The zero-order chi connectivity index (χ0) is 20.2. The van der Waals surface area contributed by atoms with Crippen molar-refractivity contribution in [3.63, 3.8) is 0 Å². The van der Waals surface area contributed by atoms with Gasteiger partial charge in [-0.2, -0.15) is 0 Å². The fraction of sp³-hybridized carbons (Fsp3) is 0.571. The number of hydrogen-bond acceptors (Lipinski definition) is 6. The molecule has 3 fully saturated rings. The van der Waals surface area contributed by atoms with Gasteiger partial charge < -0.3 is 15.1 Å². The molecule has 8 heteroatoms. The number of carbonyl (C=O) groups is 3. The summed E-state index contributed by atoms with van der Waals surface area (Å²) in [5.41, 5.74) is 2.09. The molecule has 1 aromatic carbocycles. The van der Waals surface area contributed by atoms with Gasteiger partial charge in [0.1, 0.15) is 0 Å². The lowest BCUT2D eigenvalue weighted by molar-refractivity contribution is -0.134. The van der Waals surface area contributed by atoms with E-state index in [2.05, 4.69) is 32.6 Å². The molecule has 8 nitrogen and oxygen atoms in total. The normalized spacial score (nSPS) is 23.8. The van der Waals surface area contributed by atoms with Gasteiger partial charge in [-0.1, -0.05) is 12.1 Å². The Morgan fingerprint density at radius 2 is 1.66 bits per heavy atom. The van der Waals surface area contributed by atoms with Crippen molar-refractivity contribution in [1.29, 1.82) is 0 Å². The van der Waals surface area contributed by atoms with Crippen molar-refractivity contribution in [2.75, 3.05) is 63.8 Å². The summed E-state index contributed by atoms with van der Waals surface area (Å²) in [5, 5.41) is 5.70. The zero-order valence-electron chi connectivity index (χ0n) is 16.7. The number of imide groups is 1. The molecule has 3 heterocycles. The molecule has 1 aromatic rings. The third-order valence-electron chi connectivity index (χ3n) is 6.10. The standard InChI is InChI=1S/C21H29N5O3/c27-19-6-5-18(21(29)23-19)16-1-3-17(4-2-16)25-13-11-24(12-14-25)15-20(28)26-9-7-22-8-10-26/h1-4,18,22H,5-15H2,(H,23,27,29). The van der Waals surface area contributed by atoms with Crippen LogP contribution in [0.25, 0.3) is 0 Å². The lowest BCUT2D eigenvalue weighted by Crippen LogP contribution is -2.53. The number of amides is 3. The number of nitrogens with one attached hydrogen (secondary N) is 2. The van der Waals surface area contributed by atoms with Gasteiger partial charge in [0, 0.05) is 64.5 Å². The first kappa shape index (κ1) is 19.8. The molecule has 3 aliphatic heterocycles. The van der Waals surface area contributed by atoms with E-state index in [-0.39, 0.29) is 23.6 Å². The fourth-order valence-electron chi connectivity index (χ4n) is 4.30. The topological polar surface area (TPSA) is 85.0 Å². The first-order valence-electron chi connectivity index (χ1n) is 10.5. The molecule has 0 aliphatic carbocycles. The van der Waals surface area contributed by atoms with Crippen LogP contribution in [0.5, 0.6) is 0 Å². The predicted octanol–water partition coefficient (Wildman–Crippen LogP) is -0.239. The Morgan fingerprint density at radius 1 is 0.966 bits per heavy atom. The summed E-state index contributed by atoms with van der Waals surface area (Å²) in [4.78, 5) is 42.3. The molecule has 1 atom stereocenters. The van der Waals surface area contributed by atoms with Crippen LogP contribution in [-0.2, 0) is 14.4 Å². The maximum Gasteiger partial charge on any atom is 0.236 e. The Hall–Kier alpha value is -2.45. The SMILES string of the molecule is O=C1CCC(c2ccc(N3CCN(CC(=O)N4CCNCC4)CC3)cc2)C(=O)N1. The Kier molecular flexibility index (Phi) is 6.10. The second-order valence-electron chi connectivity index (χ2n) is 7.99. The Labute approximate surface area is 171 Å². The van der Waals surface area contributed by atoms with Crippen LogP contribution >= 0.6 is 0 Å². The maximum atomic E-state index is 12.4. The lowest BCUT2D eigenvalue weighted by Gasteiger charge is -2.37. The summed E-state index contributed by atoms with van der Waals surface area (Å²) in [6, 6.07) is 8.10. The maximum absolute atomic E-state index is 12.4. The van der Waals surface area contributed by atoms with Gasteiger partial charge in [0.15, 0.2) is 0 Å². The number of rotatable bonds is 4. The van der Waals surface area contributed by atoms with E-state index in [9.17, 15) is 14.4 Å². The third-order valence-corrected chi connectivity index (χ3v) is 6.10. The van der Waals surface area contributed by atoms with E-state index in [1.807, 2.05) is 17.0 Å². The van der Waals surface area contributed by atoms with Crippen LogP contribution in [0, 0.1) is 0 Å². The second kappa shape index (κ2) is 8.92. The van der Waals surface area contributed by atoms with Crippen LogP contribution in [0.1, 0.15) is 24.3 Å². The summed E-state index contributed by atoms with van der Waals surface area (Å²) in [6.45, 7) is 7.38. The average Bonchev–Trinajstić information content (AvgIpc) is 2.75. The molecule has 0 spiro atoms. The number of anilines is 1. The molecule has 3 aliphatic rings. The summed E-state index contributed by atoms with van der Waals surface area (Å²) >= 11 is 0. The third kappa shape index (κ3) is 4.76. The molecular formula is C21H29N5O3. The molecule has 0 radical (unpaired) electrons. The van der Waals surface area contributed by atoms with Gasteiger partial charge in [-0.05, 0) is 24.1 Å². The molecule has 4 rings (SSSR count). The van der Waals surface area contributed by atoms with E-state index in [4.69, 9.17) is 0 Å². The summed E-state index contributed by atoms with van der Waals surface area (Å²) in [6.07, 6.45) is 0.969. The van der Waals surface area contributed by atoms with E-state index in [0.717, 1.165) is 63.6 Å². The largest absolute Gasteiger partial charge is 0.369 e. The highest BCUT2D eigenvalue weighted by atomic mass is 16.2. The Morgan fingerprint density at radius 3 is 2.31 bits per heavy atom. The molecule has 0 aromatic heterocycles. The summed E-state index contributed by atoms with van der Waals surface area (Å²) in [7, 11) is 0. The Balaban J connectivity index is 1.28. The molecule has 1 unspecified atom stereocenters. The van der Waals surface area contributed by atoms with E-state index in [1.54, 1.807) is 0 Å². The molecule has 0 bridgehead atoms. The van der Waals surface area contributed by atoms with E-state index in [1.165, 1.54) is 0 Å². The van der Waals surface area contributed by atoms with Crippen molar-refractivity contribution in [1.82, 2.24) is 20.4 Å². The van der Waals surface area contributed by atoms with E-state index < -0.39 is 0 Å². The fourth-order valence-corrected chi connectivity index (χ4v) is 4.30. The Bertz CT molecular complexity index is 752. The van der Waals surface area contributed by atoms with Crippen LogP contribution in [0.4, 0.5) is 5.69 Å². The highest BCUT2D eigenvalue weighted by molar-refractivity contribution is 6.00. The first-order chi connectivity index (χ1) is 14.1. The number of carbonyl (C=O) groups excluding carboxylic acids is 3. The molecule has 3 amide bonds. The molecule has 3 saturated heterocycles. The quantitative estimate of drug-likeness (QED) is 0.680. The van der Waals surface area contributed by atoms with Crippen LogP contribution in [0.3, 0.4) is 0 Å². The first-order valence-corrected chi connectivity index (χ1v) is 10.5. The minimum atomic E-state index is -0.241. The molecule has 29 heavy (non-hydrogen) atoms. The molecule has 2 N–H and O–H groups in total. The highest BCUT2D eigenvalue weighted by Gasteiger charge is 2.28. The van der Waals surface area contributed by atoms with Gasteiger partial charge in [0.05, 0.1) is 12.5 Å². The zero-order valence-corrected chi connectivity index (χ0v) is 16.7. The number of benzene rings is 1. The smallest absolute Gasteiger partial charge is 0.236 e. The number of piperazine rings is 2. The van der Waals surface area contributed by atoms with Crippen molar-refractivity contribution in [2.45, 2.75) is 18.8 Å². The van der Waals surface area contributed by atoms with Crippen LogP contribution in [0.2, 0.25) is 0 Å². The van der Waals surface area contributed by atoms with Crippen molar-refractivity contribution >= 4 is 23.4 Å². The summed E-state index contributed by atoms with van der Waals surface area (Å²) in [5.74, 6) is -0.393. The molecular weight excluding hydrogens is 370 g/mol. The number of nitrogens with zero attached hydrogens (tertiary/aromatic N) is 3. The van der Waals surface area contributed by atoms with Crippen LogP contribution < -0.4 is 15.5 Å². The van der Waals surface area contributed by atoms with Crippen molar-refractivity contribution < 1.29 is 14.4 Å². The van der Waals surface area contributed by atoms with E-state index in [0.29, 0.717) is 19.4 Å². The van der Waals surface area contributed by atoms with Crippen molar-refractivity contribution in [3.05, 3.63) is 29.8 Å². The number of hydrogen-bond donors (Lipinski definition) is 2. The monoisotopic (exact) mass is 399 g/mol. The second-order valence-corrected chi connectivity index (χ2v) is 7.99. The van der Waals surface area contributed by atoms with Gasteiger partial charge in [-0.25, -0.2) is 0 Å². The lowest BCUT2D eigenvalue weighted by atomic mass is 9.90. The van der Waals surface area contributed by atoms with Gasteiger partial charge in [0.25, 0.3) is 0 Å². The molecule has 156 valence electrons. The van der Waals surface area contributed by atoms with Crippen LogP contribution in [-0.4, -0.2) is 86.4 Å². The van der Waals surface area contributed by atoms with Gasteiger partial charge in [-0.15, -0.1) is 0 Å². The van der Waals surface area contributed by atoms with Crippen molar-refractivity contribution in [3.8, 4) is 0 Å². The van der Waals surface area contributed by atoms with Crippen molar-refractivity contribution in [2.24, 2.45) is 0 Å². The minimum absolute atomic E-state index is 0.184. The van der Waals surface area contributed by atoms with E-state index >= 15 is 0 Å². The summed E-state index contributed by atoms with van der Waals surface area (Å²) < 4.78 is 0. The van der Waals surface area contributed by atoms with Gasteiger partial charge in [-0.3, -0.25) is 24.6 Å². The van der Waals surface area contributed by atoms with Gasteiger partial charge >= 0.3 is 0 Å².